The van der Waals surface area contributed by atoms with Crippen molar-refractivity contribution in [1.29, 1.82) is 0 Å². The Morgan fingerprint density at radius 3 is 2.70 bits per heavy atom. The van der Waals surface area contributed by atoms with Crippen molar-refractivity contribution < 1.29 is 18.7 Å². The summed E-state index contributed by atoms with van der Waals surface area (Å²) in [6, 6.07) is 18.2. The van der Waals surface area contributed by atoms with Gasteiger partial charge in [-0.2, -0.15) is 0 Å². The predicted molar refractivity (Wildman–Crippen MR) is 102 cm³/mol. The molecule has 1 amide bonds. The van der Waals surface area contributed by atoms with Crippen LogP contribution >= 0.6 is 0 Å². The quantitative estimate of drug-likeness (QED) is 0.552. The van der Waals surface area contributed by atoms with Crippen molar-refractivity contribution in [2.24, 2.45) is 0 Å². The lowest BCUT2D eigenvalue weighted by Gasteiger charge is -2.05. The highest BCUT2D eigenvalue weighted by molar-refractivity contribution is 6.34. The van der Waals surface area contributed by atoms with Crippen LogP contribution in [0.2, 0.25) is 0 Å². The van der Waals surface area contributed by atoms with Crippen LogP contribution in [-0.2, 0) is 16.1 Å². The summed E-state index contributed by atoms with van der Waals surface area (Å²) in [6.07, 6.45) is 1.69. The third-order valence-corrected chi connectivity index (χ3v) is 4.39. The Bertz CT molecular complexity index is 1060. The largest absolute Gasteiger partial charge is 0.458 e. The van der Waals surface area contributed by atoms with Gasteiger partial charge >= 0.3 is 5.97 Å². The third-order valence-electron chi connectivity index (χ3n) is 4.39. The first-order valence-corrected chi connectivity index (χ1v) is 8.56. The summed E-state index contributed by atoms with van der Waals surface area (Å²) in [5, 5.41) is 2.82. The molecule has 2 heterocycles. The van der Waals surface area contributed by atoms with E-state index in [0.717, 1.165) is 16.8 Å². The van der Waals surface area contributed by atoms with Crippen molar-refractivity contribution in [2.45, 2.75) is 13.5 Å². The van der Waals surface area contributed by atoms with Crippen LogP contribution in [-0.4, -0.2) is 11.9 Å². The molecule has 0 saturated carbocycles. The Hall–Kier alpha value is -3.60. The lowest BCUT2D eigenvalue weighted by molar-refractivity contribution is -0.110. The minimum Gasteiger partial charge on any atom is -0.458 e. The Morgan fingerprint density at radius 2 is 1.85 bits per heavy atom. The number of anilines is 1. The normalized spacial score (nSPS) is 14.1. The van der Waals surface area contributed by atoms with Gasteiger partial charge in [0.1, 0.15) is 18.1 Å². The molecule has 134 valence electrons. The summed E-state index contributed by atoms with van der Waals surface area (Å²) in [6.45, 7) is 1.89. The predicted octanol–water partition coefficient (Wildman–Crippen LogP) is 4.44. The molecule has 4 rings (SSSR count). The minimum atomic E-state index is -0.395. The van der Waals surface area contributed by atoms with Gasteiger partial charge in [-0.05, 0) is 42.8 Å². The number of fused-ring (bicyclic) bond motifs is 1. The average molecular weight is 359 g/mol. The van der Waals surface area contributed by atoms with E-state index in [0.29, 0.717) is 22.7 Å². The number of ether oxygens (including phenoxy) is 1. The molecule has 0 unspecified atom stereocenters. The first-order valence-electron chi connectivity index (χ1n) is 8.56. The Kier molecular flexibility index (Phi) is 4.34. The number of rotatable bonds is 4. The zero-order valence-corrected chi connectivity index (χ0v) is 14.7. The summed E-state index contributed by atoms with van der Waals surface area (Å²) >= 11 is 0. The second-order valence-electron chi connectivity index (χ2n) is 6.25. The van der Waals surface area contributed by atoms with Crippen LogP contribution in [0.4, 0.5) is 5.69 Å². The van der Waals surface area contributed by atoms with Gasteiger partial charge in [-0.15, -0.1) is 0 Å². The van der Waals surface area contributed by atoms with E-state index in [9.17, 15) is 9.59 Å². The molecule has 5 nitrogen and oxygen atoms in total. The first kappa shape index (κ1) is 16.8. The van der Waals surface area contributed by atoms with Crippen LogP contribution in [0.25, 0.3) is 11.6 Å². The molecular weight excluding hydrogens is 342 g/mol. The Balaban J connectivity index is 1.47. The highest BCUT2D eigenvalue weighted by Crippen LogP contribution is 2.32. The number of carbonyl (C=O) groups excluding carboxylic acids is 2. The van der Waals surface area contributed by atoms with Crippen LogP contribution in [0.15, 0.2) is 65.1 Å². The topological polar surface area (TPSA) is 68.5 Å². The number of benzene rings is 2. The Morgan fingerprint density at radius 1 is 1.07 bits per heavy atom. The van der Waals surface area contributed by atoms with Crippen LogP contribution in [0.5, 0.6) is 0 Å². The average Bonchev–Trinajstić information content (AvgIpc) is 3.25. The molecule has 0 aliphatic carbocycles. The van der Waals surface area contributed by atoms with Gasteiger partial charge in [0.25, 0.3) is 5.91 Å². The van der Waals surface area contributed by atoms with E-state index in [2.05, 4.69) is 5.32 Å². The molecule has 0 spiro atoms. The fraction of sp³-hybridized carbons (Fsp3) is 0.0909. The van der Waals surface area contributed by atoms with Crippen molar-refractivity contribution in [1.82, 2.24) is 0 Å². The van der Waals surface area contributed by atoms with E-state index in [1.165, 1.54) is 0 Å². The summed E-state index contributed by atoms with van der Waals surface area (Å²) in [5.41, 5.74) is 3.56. The second kappa shape index (κ2) is 6.96. The highest BCUT2D eigenvalue weighted by Gasteiger charge is 2.23. The molecule has 1 aromatic heterocycles. The van der Waals surface area contributed by atoms with Crippen molar-refractivity contribution in [3.8, 4) is 0 Å². The van der Waals surface area contributed by atoms with E-state index in [1.54, 1.807) is 30.3 Å². The number of para-hydroxylation sites is 1. The van der Waals surface area contributed by atoms with Crippen LogP contribution in [0.3, 0.4) is 0 Å². The SMILES string of the molecule is Cc1ccccc1C(=O)OCc1ccc(/C=C2\C(=O)Nc3ccccc32)o1. The van der Waals surface area contributed by atoms with Gasteiger partial charge in [0.05, 0.1) is 11.1 Å². The third kappa shape index (κ3) is 3.40. The van der Waals surface area contributed by atoms with Gasteiger partial charge in [-0.3, -0.25) is 4.79 Å². The van der Waals surface area contributed by atoms with E-state index < -0.39 is 5.97 Å². The molecule has 27 heavy (non-hydrogen) atoms. The van der Waals surface area contributed by atoms with E-state index in [-0.39, 0.29) is 12.5 Å². The number of carbonyl (C=O) groups is 2. The smallest absolute Gasteiger partial charge is 0.338 e. The van der Waals surface area contributed by atoms with E-state index in [4.69, 9.17) is 9.15 Å². The van der Waals surface area contributed by atoms with E-state index >= 15 is 0 Å². The number of hydrogen-bond acceptors (Lipinski definition) is 4. The first-order chi connectivity index (χ1) is 13.1. The molecule has 0 bridgehead atoms. The molecule has 1 aliphatic heterocycles. The molecule has 1 aliphatic rings. The monoisotopic (exact) mass is 359 g/mol. The highest BCUT2D eigenvalue weighted by atomic mass is 16.5. The maximum Gasteiger partial charge on any atom is 0.338 e. The van der Waals surface area contributed by atoms with Crippen LogP contribution < -0.4 is 5.32 Å². The van der Waals surface area contributed by atoms with E-state index in [1.807, 2.05) is 43.3 Å². The summed E-state index contributed by atoms with van der Waals surface area (Å²) in [5.74, 6) is 0.475. The number of furan rings is 1. The van der Waals surface area contributed by atoms with Gasteiger partial charge in [-0.1, -0.05) is 36.4 Å². The fourth-order valence-electron chi connectivity index (χ4n) is 2.99. The molecule has 0 radical (unpaired) electrons. The standard InChI is InChI=1S/C22H17NO4/c1-14-6-2-3-7-17(14)22(25)26-13-16-11-10-15(27-16)12-19-18-8-4-5-9-20(18)23-21(19)24/h2-12H,13H2,1H3,(H,23,24)/b19-12-. The van der Waals surface area contributed by atoms with Crippen molar-refractivity contribution in [2.75, 3.05) is 5.32 Å². The fourth-order valence-corrected chi connectivity index (χ4v) is 2.99. The van der Waals surface area contributed by atoms with Gasteiger partial charge in [0, 0.05) is 11.3 Å². The van der Waals surface area contributed by atoms with Gasteiger partial charge in [-0.25, -0.2) is 4.79 Å². The van der Waals surface area contributed by atoms with Gasteiger partial charge in [0.2, 0.25) is 0 Å². The molecule has 0 saturated heterocycles. The number of amides is 1. The van der Waals surface area contributed by atoms with Crippen LogP contribution in [0.1, 0.15) is 33.0 Å². The van der Waals surface area contributed by atoms with Gasteiger partial charge in [0.15, 0.2) is 0 Å². The van der Waals surface area contributed by atoms with Crippen molar-refractivity contribution in [3.05, 3.63) is 88.9 Å². The summed E-state index contributed by atoms with van der Waals surface area (Å²) in [4.78, 5) is 24.3. The second-order valence-corrected chi connectivity index (χ2v) is 6.25. The minimum absolute atomic E-state index is 0.0269. The molecule has 0 atom stereocenters. The molecule has 1 N–H and O–H groups in total. The molecule has 3 aromatic rings. The number of nitrogens with one attached hydrogen (secondary N) is 1. The zero-order chi connectivity index (χ0) is 18.8. The molecule has 2 aromatic carbocycles. The molecule has 5 heteroatoms. The van der Waals surface area contributed by atoms with Crippen LogP contribution in [0, 0.1) is 6.92 Å². The maximum absolute atomic E-state index is 12.2. The summed E-state index contributed by atoms with van der Waals surface area (Å²) in [7, 11) is 0. The lowest BCUT2D eigenvalue weighted by Crippen LogP contribution is -2.06. The van der Waals surface area contributed by atoms with Crippen molar-refractivity contribution in [3.63, 3.8) is 0 Å². The molecular formula is C22H17NO4. The summed E-state index contributed by atoms with van der Waals surface area (Å²) < 4.78 is 11.0. The van der Waals surface area contributed by atoms with Crippen molar-refractivity contribution >= 4 is 29.2 Å². The zero-order valence-electron chi connectivity index (χ0n) is 14.7. The number of esters is 1. The number of hydrogen-bond donors (Lipinski definition) is 1. The number of aryl methyl sites for hydroxylation is 1. The van der Waals surface area contributed by atoms with Gasteiger partial charge < -0.3 is 14.5 Å². The lowest BCUT2D eigenvalue weighted by atomic mass is 10.1. The Labute approximate surface area is 156 Å². The molecule has 0 fully saturated rings. The maximum atomic E-state index is 12.2.